The van der Waals surface area contributed by atoms with Crippen LogP contribution in [0.4, 0.5) is 5.95 Å². The van der Waals surface area contributed by atoms with Gasteiger partial charge in [-0.05, 0) is 18.9 Å². The number of anilines is 1. The molecule has 2 aromatic rings. The van der Waals surface area contributed by atoms with Crippen LogP contribution < -0.4 is 5.73 Å². The van der Waals surface area contributed by atoms with Crippen molar-refractivity contribution in [2.75, 3.05) is 5.73 Å². The number of carbonyl (C=O) groups excluding carboxylic acids is 1. The number of nitrogen functional groups attached to an aromatic ring is 1. The average Bonchev–Trinajstić information content (AvgIpc) is 2.80. The van der Waals surface area contributed by atoms with Crippen molar-refractivity contribution in [3.05, 3.63) is 33.5 Å². The highest BCUT2D eigenvalue weighted by molar-refractivity contribution is 7.11. The van der Waals surface area contributed by atoms with Crippen molar-refractivity contribution in [2.45, 2.75) is 19.3 Å². The van der Waals surface area contributed by atoms with Gasteiger partial charge in [-0.3, -0.25) is 4.79 Å². The molecule has 0 aromatic carbocycles. The average molecular weight is 283 g/mol. The molecule has 0 aliphatic heterocycles. The zero-order chi connectivity index (χ0) is 13.0. The van der Waals surface area contributed by atoms with Gasteiger partial charge in [0.15, 0.2) is 10.8 Å². The van der Waals surface area contributed by atoms with Crippen LogP contribution in [0.15, 0.2) is 17.6 Å². The molecule has 2 rings (SSSR count). The highest BCUT2D eigenvalue weighted by Crippen LogP contribution is 2.13. The Labute approximate surface area is 113 Å². The van der Waals surface area contributed by atoms with Crippen molar-refractivity contribution >= 4 is 34.7 Å². The van der Waals surface area contributed by atoms with Gasteiger partial charge >= 0.3 is 0 Å². The number of aromatic nitrogens is 3. The Hall–Kier alpha value is -1.53. The maximum atomic E-state index is 11.7. The molecule has 0 saturated heterocycles. The van der Waals surface area contributed by atoms with Crippen LogP contribution in [0.25, 0.3) is 0 Å². The second kappa shape index (κ2) is 5.88. The summed E-state index contributed by atoms with van der Waals surface area (Å²) in [7, 11) is 0. The van der Waals surface area contributed by atoms with Crippen molar-refractivity contribution in [3.63, 3.8) is 0 Å². The van der Waals surface area contributed by atoms with Gasteiger partial charge < -0.3 is 5.73 Å². The van der Waals surface area contributed by atoms with E-state index in [1.165, 1.54) is 11.3 Å². The molecule has 0 spiro atoms. The minimum absolute atomic E-state index is 0.0538. The second-order valence-electron chi connectivity index (χ2n) is 3.65. The highest BCUT2D eigenvalue weighted by atomic mass is 35.5. The van der Waals surface area contributed by atoms with E-state index in [0.29, 0.717) is 29.4 Å². The number of rotatable bonds is 5. The van der Waals surface area contributed by atoms with E-state index in [4.69, 9.17) is 17.3 Å². The fraction of sp³-hybridized carbons (Fsp3) is 0.273. The quantitative estimate of drug-likeness (QED) is 0.672. The summed E-state index contributed by atoms with van der Waals surface area (Å²) in [6.07, 6.45) is 3.40. The van der Waals surface area contributed by atoms with Crippen molar-refractivity contribution in [3.8, 4) is 0 Å². The fourth-order valence-corrected chi connectivity index (χ4v) is 2.33. The molecule has 0 fully saturated rings. The first kappa shape index (κ1) is 12.9. The van der Waals surface area contributed by atoms with Crippen LogP contribution in [0.3, 0.4) is 0 Å². The summed E-state index contributed by atoms with van der Waals surface area (Å²) in [5.41, 5.74) is 6.24. The Kier molecular flexibility index (Phi) is 4.22. The van der Waals surface area contributed by atoms with E-state index in [-0.39, 0.29) is 11.7 Å². The molecule has 0 bridgehead atoms. The minimum atomic E-state index is 0.0538. The maximum Gasteiger partial charge on any atom is 0.221 e. The first-order chi connectivity index (χ1) is 8.65. The Balaban J connectivity index is 1.87. The lowest BCUT2D eigenvalue weighted by Gasteiger charge is -2.01. The molecule has 7 heteroatoms. The number of hydrogen-bond donors (Lipinski definition) is 1. The van der Waals surface area contributed by atoms with Gasteiger partial charge in [0.25, 0.3) is 0 Å². The zero-order valence-corrected chi connectivity index (χ0v) is 11.0. The molecular formula is C11H11ClN4OS. The van der Waals surface area contributed by atoms with Crippen LogP contribution in [0.5, 0.6) is 0 Å². The lowest BCUT2D eigenvalue weighted by molar-refractivity contribution is 0.0980. The second-order valence-corrected chi connectivity index (χ2v) is 4.94. The normalized spacial score (nSPS) is 10.5. The predicted octanol–water partition coefficient (Wildman–Crippen LogP) is 2.37. The van der Waals surface area contributed by atoms with E-state index >= 15 is 0 Å². The summed E-state index contributed by atoms with van der Waals surface area (Å²) in [5.74, 6) is 0.210. The molecule has 2 aromatic heterocycles. The third-order valence-electron chi connectivity index (χ3n) is 2.27. The smallest absolute Gasteiger partial charge is 0.221 e. The molecule has 0 unspecified atom stereocenters. The molecule has 5 nitrogen and oxygen atoms in total. The van der Waals surface area contributed by atoms with E-state index in [2.05, 4.69) is 15.0 Å². The van der Waals surface area contributed by atoms with Gasteiger partial charge in [-0.25, -0.2) is 15.0 Å². The minimum Gasteiger partial charge on any atom is -0.368 e. The summed E-state index contributed by atoms with van der Waals surface area (Å²) < 4.78 is 0. The molecule has 2 heterocycles. The van der Waals surface area contributed by atoms with E-state index < -0.39 is 0 Å². The van der Waals surface area contributed by atoms with Crippen LogP contribution in [0.2, 0.25) is 5.15 Å². The molecule has 94 valence electrons. The number of nitrogens with two attached hydrogens (primary N) is 1. The summed E-state index contributed by atoms with van der Waals surface area (Å²) >= 11 is 7.12. The maximum absolute atomic E-state index is 11.7. The van der Waals surface area contributed by atoms with Crippen molar-refractivity contribution in [1.29, 1.82) is 0 Å². The number of thiazole rings is 1. The van der Waals surface area contributed by atoms with E-state index in [0.717, 1.165) is 5.69 Å². The summed E-state index contributed by atoms with van der Waals surface area (Å²) in [5, 5.41) is 2.66. The Morgan fingerprint density at radius 3 is 2.94 bits per heavy atom. The lowest BCUT2D eigenvalue weighted by atomic mass is 10.1. The van der Waals surface area contributed by atoms with Gasteiger partial charge in [0.05, 0.1) is 0 Å². The van der Waals surface area contributed by atoms with Gasteiger partial charge in [0, 0.05) is 23.7 Å². The monoisotopic (exact) mass is 282 g/mol. The number of Topliss-reactive ketones (excluding diaryl/α,β-unsaturated/α-hetero) is 1. The van der Waals surface area contributed by atoms with Crippen molar-refractivity contribution < 1.29 is 4.79 Å². The number of halogens is 1. The highest BCUT2D eigenvalue weighted by Gasteiger charge is 2.08. The molecule has 0 amide bonds. The van der Waals surface area contributed by atoms with Crippen LogP contribution in [0.1, 0.15) is 28.3 Å². The van der Waals surface area contributed by atoms with Crippen molar-refractivity contribution in [1.82, 2.24) is 15.0 Å². The topological polar surface area (TPSA) is 81.8 Å². The zero-order valence-electron chi connectivity index (χ0n) is 9.47. The Bertz CT molecular complexity index is 524. The molecule has 0 aliphatic carbocycles. The van der Waals surface area contributed by atoms with Gasteiger partial charge in [-0.2, -0.15) is 0 Å². The molecule has 0 aliphatic rings. The molecular weight excluding hydrogens is 272 g/mol. The summed E-state index contributed by atoms with van der Waals surface area (Å²) in [4.78, 5) is 23.5. The number of nitrogens with zero attached hydrogens (tertiary/aromatic N) is 3. The third kappa shape index (κ3) is 3.48. The van der Waals surface area contributed by atoms with E-state index in [1.807, 2.05) is 0 Å². The Morgan fingerprint density at radius 2 is 2.28 bits per heavy atom. The number of aryl methyl sites for hydroxylation is 1. The number of carbonyl (C=O) groups is 1. The molecule has 0 saturated carbocycles. The Morgan fingerprint density at radius 1 is 1.44 bits per heavy atom. The van der Waals surface area contributed by atoms with Crippen LogP contribution in [0, 0.1) is 0 Å². The van der Waals surface area contributed by atoms with E-state index in [1.54, 1.807) is 17.6 Å². The van der Waals surface area contributed by atoms with Crippen molar-refractivity contribution in [2.24, 2.45) is 0 Å². The molecule has 2 N–H and O–H groups in total. The van der Waals surface area contributed by atoms with Crippen LogP contribution in [-0.4, -0.2) is 20.7 Å². The summed E-state index contributed by atoms with van der Waals surface area (Å²) in [6.45, 7) is 0. The van der Waals surface area contributed by atoms with Gasteiger partial charge in [0.1, 0.15) is 5.15 Å². The van der Waals surface area contributed by atoms with Gasteiger partial charge in [0.2, 0.25) is 5.95 Å². The van der Waals surface area contributed by atoms with Crippen LogP contribution in [-0.2, 0) is 6.42 Å². The third-order valence-corrected chi connectivity index (χ3v) is 3.28. The van der Waals surface area contributed by atoms with Gasteiger partial charge in [-0.15, -0.1) is 11.3 Å². The van der Waals surface area contributed by atoms with Crippen LogP contribution >= 0.6 is 22.9 Å². The first-order valence-electron chi connectivity index (χ1n) is 5.37. The molecule has 0 atom stereocenters. The molecule has 18 heavy (non-hydrogen) atoms. The predicted molar refractivity (Wildman–Crippen MR) is 70.8 cm³/mol. The standard InChI is InChI=1S/C11H11ClN4OS/c12-9-6-7(15-11(13)16-9)2-1-3-8(17)10-14-4-5-18-10/h4-6H,1-3H2,(H2,13,15,16). The number of ketones is 1. The summed E-state index contributed by atoms with van der Waals surface area (Å²) in [6, 6.07) is 1.66. The lowest BCUT2D eigenvalue weighted by Crippen LogP contribution is -2.02. The SMILES string of the molecule is Nc1nc(Cl)cc(CCCC(=O)c2nccs2)n1. The fourth-order valence-electron chi connectivity index (χ4n) is 1.51. The molecule has 0 radical (unpaired) electrons. The van der Waals surface area contributed by atoms with Gasteiger partial charge in [-0.1, -0.05) is 11.6 Å². The first-order valence-corrected chi connectivity index (χ1v) is 6.62. The number of hydrogen-bond acceptors (Lipinski definition) is 6. The largest absolute Gasteiger partial charge is 0.368 e. The van der Waals surface area contributed by atoms with E-state index in [9.17, 15) is 4.79 Å².